The maximum Gasteiger partial charge on any atom is 0.148 e. The number of rotatable bonds is 9. The highest BCUT2D eigenvalue weighted by Crippen LogP contribution is 2.11. The van der Waals surface area contributed by atoms with Crippen LogP contribution in [0.2, 0.25) is 0 Å². The highest BCUT2D eigenvalue weighted by molar-refractivity contribution is 7.90. The Morgan fingerprint density at radius 1 is 1.45 bits per heavy atom. The van der Waals surface area contributed by atoms with Crippen molar-refractivity contribution in [3.05, 3.63) is 16.1 Å². The van der Waals surface area contributed by atoms with Crippen LogP contribution in [0.3, 0.4) is 0 Å². The molecule has 1 aromatic heterocycles. The first-order chi connectivity index (χ1) is 9.26. The molecule has 0 atom stereocenters. The Hall–Kier alpha value is -0.500. The largest absolute Gasteiger partial charge is 0.310 e. The van der Waals surface area contributed by atoms with Crippen molar-refractivity contribution in [1.29, 1.82) is 0 Å². The summed E-state index contributed by atoms with van der Waals surface area (Å²) in [6.45, 7) is 7.38. The fourth-order valence-electron chi connectivity index (χ4n) is 1.65. The van der Waals surface area contributed by atoms with Crippen molar-refractivity contribution >= 4 is 21.2 Å². The van der Waals surface area contributed by atoms with Gasteiger partial charge in [-0.2, -0.15) is 0 Å². The number of aromatic nitrogens is 1. The van der Waals surface area contributed by atoms with Crippen LogP contribution in [0.1, 0.15) is 24.5 Å². The predicted octanol–water partition coefficient (Wildman–Crippen LogP) is 1.37. The van der Waals surface area contributed by atoms with Gasteiger partial charge in [0.25, 0.3) is 0 Å². The van der Waals surface area contributed by atoms with Crippen LogP contribution in [0.25, 0.3) is 0 Å². The molecule has 1 aromatic rings. The van der Waals surface area contributed by atoms with E-state index < -0.39 is 9.84 Å². The smallest absolute Gasteiger partial charge is 0.148 e. The van der Waals surface area contributed by atoms with Crippen molar-refractivity contribution in [2.45, 2.75) is 26.9 Å². The van der Waals surface area contributed by atoms with Crippen molar-refractivity contribution < 1.29 is 8.42 Å². The lowest BCUT2D eigenvalue weighted by atomic mass is 10.2. The SMILES string of the molecule is CC(C)CNCc1nc(CN(C)CCS(C)(=O)=O)cs1. The highest BCUT2D eigenvalue weighted by atomic mass is 32.2. The minimum atomic E-state index is -2.90. The minimum absolute atomic E-state index is 0.191. The van der Waals surface area contributed by atoms with E-state index in [4.69, 9.17) is 0 Å². The summed E-state index contributed by atoms with van der Waals surface area (Å²) in [4.78, 5) is 6.54. The van der Waals surface area contributed by atoms with Crippen LogP contribution in [-0.4, -0.2) is 50.4 Å². The van der Waals surface area contributed by atoms with Crippen LogP contribution in [-0.2, 0) is 22.9 Å². The molecule has 0 aliphatic carbocycles. The molecule has 0 spiro atoms. The topological polar surface area (TPSA) is 62.3 Å². The number of nitrogens with zero attached hydrogens (tertiary/aromatic N) is 2. The molecule has 5 nitrogen and oxygen atoms in total. The fraction of sp³-hybridized carbons (Fsp3) is 0.769. The van der Waals surface area contributed by atoms with Gasteiger partial charge in [-0.3, -0.25) is 4.90 Å². The van der Waals surface area contributed by atoms with Gasteiger partial charge in [0.1, 0.15) is 14.8 Å². The van der Waals surface area contributed by atoms with Crippen LogP contribution in [0, 0.1) is 5.92 Å². The molecule has 0 fully saturated rings. The molecule has 0 saturated heterocycles. The summed E-state index contributed by atoms with van der Waals surface area (Å²) in [6.07, 6.45) is 1.27. The molecule has 0 aromatic carbocycles. The van der Waals surface area contributed by atoms with E-state index in [2.05, 4.69) is 24.1 Å². The van der Waals surface area contributed by atoms with Gasteiger partial charge in [0, 0.05) is 31.3 Å². The molecule has 1 N–H and O–H groups in total. The minimum Gasteiger partial charge on any atom is -0.310 e. The van der Waals surface area contributed by atoms with E-state index >= 15 is 0 Å². The van der Waals surface area contributed by atoms with E-state index in [9.17, 15) is 8.42 Å². The van der Waals surface area contributed by atoms with Gasteiger partial charge >= 0.3 is 0 Å². The fourth-order valence-corrected chi connectivity index (χ4v) is 3.05. The van der Waals surface area contributed by atoms with Gasteiger partial charge in [-0.15, -0.1) is 11.3 Å². The van der Waals surface area contributed by atoms with E-state index in [1.807, 2.05) is 17.3 Å². The molecule has 0 radical (unpaired) electrons. The Morgan fingerprint density at radius 3 is 2.75 bits per heavy atom. The van der Waals surface area contributed by atoms with Crippen molar-refractivity contribution in [3.63, 3.8) is 0 Å². The van der Waals surface area contributed by atoms with E-state index in [1.165, 1.54) is 6.26 Å². The quantitative estimate of drug-likeness (QED) is 0.745. The Morgan fingerprint density at radius 2 is 2.15 bits per heavy atom. The second-order valence-corrected chi connectivity index (χ2v) is 8.83. The number of hydrogen-bond acceptors (Lipinski definition) is 6. The number of nitrogens with one attached hydrogen (secondary N) is 1. The summed E-state index contributed by atoms with van der Waals surface area (Å²) >= 11 is 1.65. The zero-order chi connectivity index (χ0) is 15.2. The lowest BCUT2D eigenvalue weighted by molar-refractivity contribution is 0.342. The molecule has 1 rings (SSSR count). The van der Waals surface area contributed by atoms with Crippen molar-refractivity contribution in [3.8, 4) is 0 Å². The third kappa shape index (κ3) is 7.94. The molecule has 20 heavy (non-hydrogen) atoms. The van der Waals surface area contributed by atoms with Crippen molar-refractivity contribution in [2.75, 3.05) is 32.1 Å². The van der Waals surface area contributed by atoms with Crippen LogP contribution in [0.15, 0.2) is 5.38 Å². The summed E-state index contributed by atoms with van der Waals surface area (Å²) in [5.41, 5.74) is 1.01. The van der Waals surface area contributed by atoms with Gasteiger partial charge < -0.3 is 5.32 Å². The van der Waals surface area contributed by atoms with Crippen LogP contribution in [0.5, 0.6) is 0 Å². The lowest BCUT2D eigenvalue weighted by Gasteiger charge is -2.14. The first-order valence-electron chi connectivity index (χ1n) is 6.76. The maximum absolute atomic E-state index is 11.1. The van der Waals surface area contributed by atoms with Crippen LogP contribution >= 0.6 is 11.3 Å². The zero-order valence-electron chi connectivity index (χ0n) is 12.7. The van der Waals surface area contributed by atoms with Gasteiger partial charge in [-0.25, -0.2) is 13.4 Å². The predicted molar refractivity (Wildman–Crippen MR) is 84.7 cm³/mol. The Balaban J connectivity index is 2.35. The first kappa shape index (κ1) is 17.6. The Kier molecular flexibility index (Phi) is 7.08. The first-order valence-corrected chi connectivity index (χ1v) is 9.70. The number of thiazole rings is 1. The number of sulfone groups is 1. The average Bonchev–Trinajstić information content (AvgIpc) is 2.73. The van der Waals surface area contributed by atoms with E-state index in [1.54, 1.807) is 11.3 Å². The van der Waals surface area contributed by atoms with Crippen LogP contribution < -0.4 is 5.32 Å². The lowest BCUT2D eigenvalue weighted by Crippen LogP contribution is -2.25. The monoisotopic (exact) mass is 319 g/mol. The average molecular weight is 319 g/mol. The van der Waals surface area contributed by atoms with Gasteiger partial charge in [-0.1, -0.05) is 13.8 Å². The van der Waals surface area contributed by atoms with Crippen LogP contribution in [0.4, 0.5) is 0 Å². The maximum atomic E-state index is 11.1. The summed E-state index contributed by atoms with van der Waals surface area (Å²) in [7, 11) is -0.978. The third-order valence-electron chi connectivity index (χ3n) is 2.70. The summed E-state index contributed by atoms with van der Waals surface area (Å²) in [6, 6.07) is 0. The molecular weight excluding hydrogens is 294 g/mol. The third-order valence-corrected chi connectivity index (χ3v) is 4.53. The van der Waals surface area contributed by atoms with Gasteiger partial charge in [0.05, 0.1) is 11.4 Å². The summed E-state index contributed by atoms with van der Waals surface area (Å²) < 4.78 is 22.2. The summed E-state index contributed by atoms with van der Waals surface area (Å²) in [5, 5.41) is 6.49. The van der Waals surface area contributed by atoms with E-state index in [0.29, 0.717) is 19.0 Å². The van der Waals surface area contributed by atoms with E-state index in [0.717, 1.165) is 23.8 Å². The van der Waals surface area contributed by atoms with Gasteiger partial charge in [-0.05, 0) is 19.5 Å². The highest BCUT2D eigenvalue weighted by Gasteiger charge is 2.08. The van der Waals surface area contributed by atoms with Gasteiger partial charge in [0.2, 0.25) is 0 Å². The van der Waals surface area contributed by atoms with Crippen molar-refractivity contribution in [1.82, 2.24) is 15.2 Å². The summed E-state index contributed by atoms with van der Waals surface area (Å²) in [5.74, 6) is 0.827. The molecule has 0 unspecified atom stereocenters. The molecule has 0 saturated carbocycles. The van der Waals surface area contributed by atoms with Gasteiger partial charge in [0.15, 0.2) is 0 Å². The molecular formula is C13H25N3O2S2. The molecule has 0 bridgehead atoms. The molecule has 0 amide bonds. The van der Waals surface area contributed by atoms with E-state index in [-0.39, 0.29) is 5.75 Å². The standard InChI is InChI=1S/C13H25N3O2S2/c1-11(2)7-14-8-13-15-12(10-19-13)9-16(3)5-6-20(4,17)18/h10-11,14H,5-9H2,1-4H3. The molecule has 0 aliphatic rings. The zero-order valence-corrected chi connectivity index (χ0v) is 14.4. The number of hydrogen-bond donors (Lipinski definition) is 1. The second-order valence-electron chi connectivity index (χ2n) is 5.62. The molecule has 116 valence electrons. The molecule has 1 heterocycles. The molecule has 0 aliphatic heterocycles. The Bertz CT molecular complexity index is 497. The molecule has 7 heteroatoms. The normalized spacial score (nSPS) is 12.5. The van der Waals surface area contributed by atoms with Crippen molar-refractivity contribution in [2.24, 2.45) is 5.92 Å². The Labute approximate surface area is 126 Å². The second kappa shape index (κ2) is 8.07.